The zero-order valence-electron chi connectivity index (χ0n) is 12.1. The molecule has 5 nitrogen and oxygen atoms in total. The van der Waals surface area contributed by atoms with Gasteiger partial charge < -0.3 is 19.5 Å². The van der Waals surface area contributed by atoms with Crippen LogP contribution in [0, 0.1) is 0 Å². The van der Waals surface area contributed by atoms with Gasteiger partial charge in [-0.2, -0.15) is 0 Å². The van der Waals surface area contributed by atoms with Gasteiger partial charge in [0, 0.05) is 6.54 Å². The molecule has 110 valence electrons. The van der Waals surface area contributed by atoms with Gasteiger partial charge in [0.15, 0.2) is 0 Å². The third kappa shape index (κ3) is 2.88. The molecule has 0 bridgehead atoms. The lowest BCUT2D eigenvalue weighted by Crippen LogP contribution is -2.51. The molecule has 1 heterocycles. The first-order chi connectivity index (χ1) is 9.56. The Bertz CT molecular complexity index is 489. The Kier molecular flexibility index (Phi) is 4.49. The molecule has 1 aliphatic heterocycles. The molecular weight excluding hydrogens is 258 g/mol. The maximum Gasteiger partial charge on any atom is 0.258 e. The summed E-state index contributed by atoms with van der Waals surface area (Å²) in [6.45, 7) is 5.04. The summed E-state index contributed by atoms with van der Waals surface area (Å²) in [5.41, 5.74) is 0.275. The molecule has 20 heavy (non-hydrogen) atoms. The molecule has 1 amide bonds. The van der Waals surface area contributed by atoms with Crippen molar-refractivity contribution < 1.29 is 19.4 Å². The van der Waals surface area contributed by atoms with E-state index in [-0.39, 0.29) is 29.4 Å². The molecule has 0 aromatic heterocycles. The molecule has 0 saturated carbocycles. The molecule has 1 aliphatic rings. The van der Waals surface area contributed by atoms with Gasteiger partial charge in [-0.25, -0.2) is 0 Å². The van der Waals surface area contributed by atoms with E-state index in [9.17, 15) is 9.90 Å². The van der Waals surface area contributed by atoms with Crippen molar-refractivity contribution >= 4 is 5.91 Å². The van der Waals surface area contributed by atoms with E-state index in [4.69, 9.17) is 9.47 Å². The van der Waals surface area contributed by atoms with Gasteiger partial charge in [0.25, 0.3) is 5.91 Å². The third-order valence-electron chi connectivity index (χ3n) is 3.63. The van der Waals surface area contributed by atoms with Crippen LogP contribution in [0.5, 0.6) is 11.5 Å². The van der Waals surface area contributed by atoms with E-state index in [0.717, 1.165) is 6.42 Å². The smallest absolute Gasteiger partial charge is 0.258 e. The highest BCUT2D eigenvalue weighted by Crippen LogP contribution is 2.26. The van der Waals surface area contributed by atoms with Crippen LogP contribution in [0.2, 0.25) is 0 Å². The van der Waals surface area contributed by atoms with Crippen molar-refractivity contribution in [1.29, 1.82) is 0 Å². The highest BCUT2D eigenvalue weighted by Gasteiger charge is 2.31. The number of hydrogen-bond donors (Lipinski definition) is 1. The SMILES string of the molecule is CCC1COC(C)CN1C(=O)c1cc(OC)ccc1O. The van der Waals surface area contributed by atoms with Gasteiger partial charge in [0.2, 0.25) is 0 Å². The summed E-state index contributed by atoms with van der Waals surface area (Å²) < 4.78 is 10.7. The van der Waals surface area contributed by atoms with E-state index in [1.807, 2.05) is 13.8 Å². The van der Waals surface area contributed by atoms with Crippen LogP contribution < -0.4 is 4.74 Å². The highest BCUT2D eigenvalue weighted by molar-refractivity contribution is 5.97. The lowest BCUT2D eigenvalue weighted by Gasteiger charge is -2.38. The number of phenols is 1. The van der Waals surface area contributed by atoms with Crippen LogP contribution in [0.3, 0.4) is 0 Å². The molecule has 1 saturated heterocycles. The number of morpholine rings is 1. The second-order valence-corrected chi connectivity index (χ2v) is 5.05. The van der Waals surface area contributed by atoms with Crippen LogP contribution in [-0.4, -0.2) is 48.3 Å². The molecule has 0 radical (unpaired) electrons. The first-order valence-corrected chi connectivity index (χ1v) is 6.86. The summed E-state index contributed by atoms with van der Waals surface area (Å²) in [5.74, 6) is 0.355. The summed E-state index contributed by atoms with van der Waals surface area (Å²) in [6, 6.07) is 4.73. The topological polar surface area (TPSA) is 59.0 Å². The first kappa shape index (κ1) is 14.7. The second kappa shape index (κ2) is 6.13. The van der Waals surface area contributed by atoms with E-state index >= 15 is 0 Å². The number of carbonyl (C=O) groups is 1. The lowest BCUT2D eigenvalue weighted by molar-refractivity contribution is -0.0444. The Hall–Kier alpha value is -1.75. The van der Waals surface area contributed by atoms with E-state index < -0.39 is 0 Å². The number of nitrogens with zero attached hydrogens (tertiary/aromatic N) is 1. The fourth-order valence-corrected chi connectivity index (χ4v) is 2.40. The Balaban J connectivity index is 2.29. The van der Waals surface area contributed by atoms with Gasteiger partial charge in [-0.1, -0.05) is 6.92 Å². The van der Waals surface area contributed by atoms with Crippen molar-refractivity contribution in [2.75, 3.05) is 20.3 Å². The predicted molar refractivity (Wildman–Crippen MR) is 75.2 cm³/mol. The average molecular weight is 279 g/mol. The van der Waals surface area contributed by atoms with Crippen molar-refractivity contribution in [2.45, 2.75) is 32.4 Å². The number of amides is 1. The predicted octanol–water partition coefficient (Wildman–Crippen LogP) is 2.04. The van der Waals surface area contributed by atoms with Crippen LogP contribution in [0.25, 0.3) is 0 Å². The number of phenolic OH excluding ortho intramolecular Hbond substituents is 1. The minimum atomic E-state index is -0.177. The Morgan fingerprint density at radius 3 is 2.95 bits per heavy atom. The summed E-state index contributed by atoms with van der Waals surface area (Å²) in [6.07, 6.45) is 0.831. The lowest BCUT2D eigenvalue weighted by atomic mass is 10.1. The van der Waals surface area contributed by atoms with Crippen LogP contribution in [-0.2, 0) is 4.74 Å². The molecule has 2 rings (SSSR count). The molecule has 1 N–H and O–H groups in total. The van der Waals surface area contributed by atoms with E-state index in [2.05, 4.69) is 0 Å². The third-order valence-corrected chi connectivity index (χ3v) is 3.63. The standard InChI is InChI=1S/C15H21NO4/c1-4-11-9-20-10(2)8-16(11)15(18)13-7-12(19-3)5-6-14(13)17/h5-7,10-11,17H,4,8-9H2,1-3H3. The molecule has 5 heteroatoms. The van der Waals surface area contributed by atoms with Gasteiger partial charge >= 0.3 is 0 Å². The zero-order valence-corrected chi connectivity index (χ0v) is 12.1. The minimum Gasteiger partial charge on any atom is -0.507 e. The fourth-order valence-electron chi connectivity index (χ4n) is 2.40. The van der Waals surface area contributed by atoms with Crippen LogP contribution in [0.4, 0.5) is 0 Å². The summed E-state index contributed by atoms with van der Waals surface area (Å²) in [4.78, 5) is 14.4. The Morgan fingerprint density at radius 2 is 2.30 bits per heavy atom. The number of hydrogen-bond acceptors (Lipinski definition) is 4. The summed E-state index contributed by atoms with van der Waals surface area (Å²) >= 11 is 0. The molecular formula is C15H21NO4. The van der Waals surface area contributed by atoms with E-state index in [1.165, 1.54) is 13.2 Å². The van der Waals surface area contributed by atoms with Gasteiger partial charge in [0.1, 0.15) is 11.5 Å². The molecule has 1 aromatic carbocycles. The second-order valence-electron chi connectivity index (χ2n) is 5.05. The number of ether oxygens (including phenoxy) is 2. The summed E-state index contributed by atoms with van der Waals surface area (Å²) in [5, 5.41) is 9.92. The van der Waals surface area contributed by atoms with Crippen LogP contribution in [0.1, 0.15) is 30.6 Å². The normalized spacial score (nSPS) is 22.6. The van der Waals surface area contributed by atoms with Crippen LogP contribution >= 0.6 is 0 Å². The molecule has 1 fully saturated rings. The van der Waals surface area contributed by atoms with Crippen molar-refractivity contribution in [3.05, 3.63) is 23.8 Å². The van der Waals surface area contributed by atoms with Crippen LogP contribution in [0.15, 0.2) is 18.2 Å². The average Bonchev–Trinajstić information content (AvgIpc) is 2.47. The minimum absolute atomic E-state index is 0.00880. The Labute approximate surface area is 119 Å². The monoisotopic (exact) mass is 279 g/mol. The number of aromatic hydroxyl groups is 1. The maximum absolute atomic E-state index is 12.7. The fraction of sp³-hybridized carbons (Fsp3) is 0.533. The Morgan fingerprint density at radius 1 is 1.55 bits per heavy atom. The zero-order chi connectivity index (χ0) is 14.7. The molecule has 2 unspecified atom stereocenters. The van der Waals surface area contributed by atoms with Gasteiger partial charge in [-0.15, -0.1) is 0 Å². The molecule has 2 atom stereocenters. The van der Waals surface area contributed by atoms with E-state index in [1.54, 1.807) is 17.0 Å². The van der Waals surface area contributed by atoms with Gasteiger partial charge in [-0.05, 0) is 31.5 Å². The van der Waals surface area contributed by atoms with Gasteiger partial charge in [0.05, 0.1) is 31.4 Å². The van der Waals surface area contributed by atoms with Gasteiger partial charge in [-0.3, -0.25) is 4.79 Å². The molecule has 1 aromatic rings. The summed E-state index contributed by atoms with van der Waals surface area (Å²) in [7, 11) is 1.53. The largest absolute Gasteiger partial charge is 0.507 e. The van der Waals surface area contributed by atoms with Crippen molar-refractivity contribution in [3.63, 3.8) is 0 Å². The first-order valence-electron chi connectivity index (χ1n) is 6.86. The van der Waals surface area contributed by atoms with Crippen molar-refractivity contribution in [1.82, 2.24) is 4.90 Å². The number of benzene rings is 1. The van der Waals surface area contributed by atoms with Crippen molar-refractivity contribution in [2.24, 2.45) is 0 Å². The highest BCUT2D eigenvalue weighted by atomic mass is 16.5. The maximum atomic E-state index is 12.7. The number of methoxy groups -OCH3 is 1. The van der Waals surface area contributed by atoms with Crippen molar-refractivity contribution in [3.8, 4) is 11.5 Å². The molecule has 0 spiro atoms. The number of rotatable bonds is 3. The van der Waals surface area contributed by atoms with E-state index in [0.29, 0.717) is 18.9 Å². The number of carbonyl (C=O) groups excluding carboxylic acids is 1. The molecule has 0 aliphatic carbocycles. The quantitative estimate of drug-likeness (QED) is 0.920.